The molecule has 1 aromatic carbocycles. The summed E-state index contributed by atoms with van der Waals surface area (Å²) < 4.78 is 64.3. The molecule has 3 nitrogen and oxygen atoms in total. The monoisotopic (exact) mass is 315 g/mol. The Morgan fingerprint density at radius 3 is 2.18 bits per heavy atom. The number of nitrogens with one attached hydrogen (secondary N) is 1. The molecule has 0 radical (unpaired) electrons. The quantitative estimate of drug-likeness (QED) is 0.690. The second kappa shape index (κ2) is 4.89. The zero-order valence-corrected chi connectivity index (χ0v) is 11.1. The topological polar surface area (TPSA) is 37.8 Å². The molecular weight excluding hydrogens is 305 g/mol. The van der Waals surface area contributed by atoms with E-state index in [0.29, 0.717) is 18.4 Å². The SMILES string of the molecule is Fc1ncnc(NC2(c3ccc(C(F)(F)F)cc3)CC2)c1F. The number of rotatable bonds is 3. The van der Waals surface area contributed by atoms with Crippen molar-refractivity contribution in [1.82, 2.24) is 9.97 Å². The molecule has 1 heterocycles. The molecular formula is C14H10F5N3. The van der Waals surface area contributed by atoms with E-state index >= 15 is 0 Å². The highest BCUT2D eigenvalue weighted by Crippen LogP contribution is 2.48. The first-order chi connectivity index (χ1) is 10.3. The summed E-state index contributed by atoms with van der Waals surface area (Å²) in [4.78, 5) is 6.71. The number of anilines is 1. The average Bonchev–Trinajstić information content (AvgIpc) is 3.24. The first-order valence-corrected chi connectivity index (χ1v) is 6.44. The Morgan fingerprint density at radius 2 is 1.64 bits per heavy atom. The van der Waals surface area contributed by atoms with Crippen molar-refractivity contribution in [2.75, 3.05) is 5.32 Å². The third-order valence-electron chi connectivity index (χ3n) is 3.62. The van der Waals surface area contributed by atoms with Gasteiger partial charge in [0.15, 0.2) is 5.82 Å². The van der Waals surface area contributed by atoms with Crippen molar-refractivity contribution < 1.29 is 22.0 Å². The predicted octanol–water partition coefficient (Wildman–Crippen LogP) is 3.87. The fourth-order valence-electron chi connectivity index (χ4n) is 2.25. The van der Waals surface area contributed by atoms with Gasteiger partial charge >= 0.3 is 6.18 Å². The number of alkyl halides is 3. The molecule has 1 fully saturated rings. The van der Waals surface area contributed by atoms with Crippen LogP contribution in [0.5, 0.6) is 0 Å². The number of nitrogens with zero attached hydrogens (tertiary/aromatic N) is 2. The van der Waals surface area contributed by atoms with Crippen LogP contribution in [0.25, 0.3) is 0 Å². The lowest BCUT2D eigenvalue weighted by atomic mass is 10.0. The molecule has 1 aromatic heterocycles. The van der Waals surface area contributed by atoms with Gasteiger partial charge in [-0.25, -0.2) is 9.97 Å². The zero-order chi connectivity index (χ0) is 16.0. The lowest BCUT2D eigenvalue weighted by Crippen LogP contribution is -2.21. The van der Waals surface area contributed by atoms with Gasteiger partial charge in [0.2, 0.25) is 5.82 Å². The molecule has 1 aliphatic rings. The number of aromatic nitrogens is 2. The summed E-state index contributed by atoms with van der Waals surface area (Å²) >= 11 is 0. The molecule has 8 heteroatoms. The highest BCUT2D eigenvalue weighted by atomic mass is 19.4. The summed E-state index contributed by atoms with van der Waals surface area (Å²) in [5.74, 6) is -2.79. The van der Waals surface area contributed by atoms with Gasteiger partial charge in [-0.3, -0.25) is 0 Å². The number of hydrogen-bond donors (Lipinski definition) is 1. The summed E-state index contributed by atoms with van der Waals surface area (Å²) in [7, 11) is 0. The summed E-state index contributed by atoms with van der Waals surface area (Å²) in [6.45, 7) is 0. The normalized spacial score (nSPS) is 16.4. The van der Waals surface area contributed by atoms with Crippen LogP contribution in [0.15, 0.2) is 30.6 Å². The van der Waals surface area contributed by atoms with E-state index in [1.54, 1.807) is 0 Å². The maximum absolute atomic E-state index is 13.6. The fraction of sp³-hybridized carbons (Fsp3) is 0.286. The molecule has 3 rings (SSSR count). The van der Waals surface area contributed by atoms with Crippen LogP contribution in [0.3, 0.4) is 0 Å². The molecule has 0 unspecified atom stereocenters. The van der Waals surface area contributed by atoms with Crippen molar-refractivity contribution in [2.24, 2.45) is 0 Å². The average molecular weight is 315 g/mol. The van der Waals surface area contributed by atoms with Gasteiger partial charge in [0.05, 0.1) is 11.1 Å². The molecule has 1 saturated carbocycles. The van der Waals surface area contributed by atoms with Crippen molar-refractivity contribution in [1.29, 1.82) is 0 Å². The molecule has 0 saturated heterocycles. The lowest BCUT2D eigenvalue weighted by Gasteiger charge is -2.19. The third-order valence-corrected chi connectivity index (χ3v) is 3.62. The van der Waals surface area contributed by atoms with Crippen molar-refractivity contribution in [3.63, 3.8) is 0 Å². The number of benzene rings is 1. The molecule has 0 atom stereocenters. The van der Waals surface area contributed by atoms with Crippen LogP contribution in [-0.4, -0.2) is 9.97 Å². The van der Waals surface area contributed by atoms with Gasteiger partial charge in [-0.1, -0.05) is 12.1 Å². The Balaban J connectivity index is 1.86. The number of halogens is 5. The molecule has 0 bridgehead atoms. The van der Waals surface area contributed by atoms with E-state index in [9.17, 15) is 22.0 Å². The van der Waals surface area contributed by atoms with Crippen molar-refractivity contribution in [3.05, 3.63) is 53.5 Å². The first kappa shape index (κ1) is 14.7. The minimum absolute atomic E-state index is 0.301. The molecule has 116 valence electrons. The van der Waals surface area contributed by atoms with E-state index in [2.05, 4.69) is 15.3 Å². The summed E-state index contributed by atoms with van der Waals surface area (Å²) in [6.07, 6.45) is -2.36. The van der Waals surface area contributed by atoms with Crippen LogP contribution in [0.4, 0.5) is 27.8 Å². The maximum Gasteiger partial charge on any atom is 0.416 e. The smallest absolute Gasteiger partial charge is 0.358 e. The van der Waals surface area contributed by atoms with E-state index in [1.165, 1.54) is 12.1 Å². The molecule has 22 heavy (non-hydrogen) atoms. The van der Waals surface area contributed by atoms with Gasteiger partial charge in [-0.05, 0) is 30.5 Å². The molecule has 1 N–H and O–H groups in total. The molecule has 0 aliphatic heterocycles. The van der Waals surface area contributed by atoms with Gasteiger partial charge in [0.1, 0.15) is 6.33 Å². The summed E-state index contributed by atoms with van der Waals surface area (Å²) in [5, 5.41) is 2.77. The van der Waals surface area contributed by atoms with Crippen LogP contribution < -0.4 is 5.32 Å². The maximum atomic E-state index is 13.6. The Hall–Kier alpha value is -2.25. The molecule has 0 spiro atoms. The van der Waals surface area contributed by atoms with E-state index in [4.69, 9.17) is 0 Å². The summed E-state index contributed by atoms with van der Waals surface area (Å²) in [5.41, 5.74) is -0.906. The third kappa shape index (κ3) is 2.60. The van der Waals surface area contributed by atoms with Gasteiger partial charge in [0, 0.05) is 0 Å². The van der Waals surface area contributed by atoms with Gasteiger partial charge in [-0.2, -0.15) is 22.0 Å². The van der Waals surface area contributed by atoms with Crippen LogP contribution in [-0.2, 0) is 11.7 Å². The van der Waals surface area contributed by atoms with Crippen LogP contribution in [0.1, 0.15) is 24.0 Å². The zero-order valence-electron chi connectivity index (χ0n) is 11.1. The van der Waals surface area contributed by atoms with E-state index < -0.39 is 29.0 Å². The molecule has 0 amide bonds. The minimum Gasteiger partial charge on any atom is -0.358 e. The van der Waals surface area contributed by atoms with E-state index in [1.807, 2.05) is 0 Å². The largest absolute Gasteiger partial charge is 0.416 e. The second-order valence-electron chi connectivity index (χ2n) is 5.11. The fourth-order valence-corrected chi connectivity index (χ4v) is 2.25. The van der Waals surface area contributed by atoms with E-state index in [-0.39, 0.29) is 5.82 Å². The molecule has 1 aliphatic carbocycles. The predicted molar refractivity (Wildman–Crippen MR) is 67.9 cm³/mol. The lowest BCUT2D eigenvalue weighted by molar-refractivity contribution is -0.137. The van der Waals surface area contributed by atoms with Crippen molar-refractivity contribution in [2.45, 2.75) is 24.6 Å². The highest BCUT2D eigenvalue weighted by Gasteiger charge is 2.45. The van der Waals surface area contributed by atoms with Gasteiger partial charge < -0.3 is 5.32 Å². The number of hydrogen-bond acceptors (Lipinski definition) is 3. The second-order valence-corrected chi connectivity index (χ2v) is 5.11. The highest BCUT2D eigenvalue weighted by molar-refractivity contribution is 5.46. The van der Waals surface area contributed by atoms with Crippen molar-refractivity contribution >= 4 is 5.82 Å². The minimum atomic E-state index is -4.41. The Labute approximate surface area is 122 Å². The van der Waals surface area contributed by atoms with E-state index in [0.717, 1.165) is 18.5 Å². The van der Waals surface area contributed by atoms with Crippen LogP contribution in [0.2, 0.25) is 0 Å². The van der Waals surface area contributed by atoms with Crippen LogP contribution >= 0.6 is 0 Å². The Kier molecular flexibility index (Phi) is 3.26. The standard InChI is InChI=1S/C14H10F5N3/c15-10-11(16)20-7-21-12(10)22-13(5-6-13)8-1-3-9(4-2-8)14(17,18)19/h1-4,7H,5-6H2,(H,20,21,22). The molecule has 2 aromatic rings. The van der Waals surface area contributed by atoms with Crippen molar-refractivity contribution in [3.8, 4) is 0 Å². The first-order valence-electron chi connectivity index (χ1n) is 6.44. The Morgan fingerprint density at radius 1 is 1.00 bits per heavy atom. The Bertz CT molecular complexity index is 693. The van der Waals surface area contributed by atoms with Gasteiger partial charge in [0.25, 0.3) is 5.95 Å². The van der Waals surface area contributed by atoms with Gasteiger partial charge in [-0.15, -0.1) is 0 Å². The summed E-state index contributed by atoms with van der Waals surface area (Å²) in [6, 6.07) is 4.60. The van der Waals surface area contributed by atoms with Crippen LogP contribution in [0, 0.1) is 11.8 Å².